The van der Waals surface area contributed by atoms with Crippen LogP contribution in [0.1, 0.15) is 23.1 Å². The van der Waals surface area contributed by atoms with Crippen molar-refractivity contribution in [2.24, 2.45) is 5.16 Å². The first-order valence-corrected chi connectivity index (χ1v) is 10.8. The molecular formula is C26H25N3O5. The van der Waals surface area contributed by atoms with E-state index < -0.39 is 5.91 Å². The number of methoxy groups -OCH3 is 2. The van der Waals surface area contributed by atoms with Crippen molar-refractivity contribution in [2.45, 2.75) is 19.4 Å². The van der Waals surface area contributed by atoms with Gasteiger partial charge in [-0.2, -0.15) is 0 Å². The Kier molecular flexibility index (Phi) is 6.77. The topological polar surface area (TPSA) is 100 Å². The van der Waals surface area contributed by atoms with Gasteiger partial charge in [0.05, 0.1) is 26.5 Å². The highest BCUT2D eigenvalue weighted by atomic mass is 16.5. The third kappa shape index (κ3) is 4.85. The molecule has 1 aliphatic heterocycles. The molecule has 0 fully saturated rings. The Morgan fingerprint density at radius 3 is 2.32 bits per heavy atom. The molecule has 2 amide bonds. The van der Waals surface area contributed by atoms with Crippen molar-refractivity contribution < 1.29 is 24.3 Å². The van der Waals surface area contributed by atoms with E-state index in [9.17, 15) is 14.8 Å². The second kappa shape index (κ2) is 10.1. The van der Waals surface area contributed by atoms with Gasteiger partial charge >= 0.3 is 0 Å². The summed E-state index contributed by atoms with van der Waals surface area (Å²) in [6.45, 7) is 0.223. The van der Waals surface area contributed by atoms with E-state index in [0.29, 0.717) is 41.3 Å². The molecule has 8 heteroatoms. The molecule has 1 aliphatic rings. The molecule has 0 spiro atoms. The lowest BCUT2D eigenvalue weighted by atomic mass is 10.1. The number of anilines is 2. The minimum Gasteiger partial charge on any atom is -0.497 e. The number of benzene rings is 3. The Morgan fingerprint density at radius 2 is 1.68 bits per heavy atom. The van der Waals surface area contributed by atoms with Crippen molar-refractivity contribution >= 4 is 28.9 Å². The van der Waals surface area contributed by atoms with E-state index in [1.165, 1.54) is 4.90 Å². The van der Waals surface area contributed by atoms with E-state index >= 15 is 0 Å². The molecule has 4 rings (SSSR count). The molecule has 1 heterocycles. The molecular weight excluding hydrogens is 434 g/mol. The van der Waals surface area contributed by atoms with Crippen LogP contribution in [0.25, 0.3) is 0 Å². The lowest BCUT2D eigenvalue weighted by molar-refractivity contribution is -0.116. The number of carbonyl (C=O) groups is 2. The molecule has 0 atom stereocenters. The number of hydrogen-bond donors (Lipinski definition) is 2. The summed E-state index contributed by atoms with van der Waals surface area (Å²) in [7, 11) is 3.11. The van der Waals surface area contributed by atoms with Gasteiger partial charge in [0.25, 0.3) is 5.91 Å². The van der Waals surface area contributed by atoms with Crippen molar-refractivity contribution in [3.8, 4) is 11.5 Å². The van der Waals surface area contributed by atoms with Crippen LogP contribution >= 0.6 is 0 Å². The highest BCUT2D eigenvalue weighted by Crippen LogP contribution is 2.34. The minimum absolute atomic E-state index is 0.0785. The van der Waals surface area contributed by atoms with Gasteiger partial charge in [0.1, 0.15) is 11.5 Å². The first-order valence-electron chi connectivity index (χ1n) is 10.8. The summed E-state index contributed by atoms with van der Waals surface area (Å²) in [5.41, 5.74) is 3.34. The maximum absolute atomic E-state index is 13.0. The van der Waals surface area contributed by atoms with Gasteiger partial charge in [-0.25, -0.2) is 0 Å². The summed E-state index contributed by atoms with van der Waals surface area (Å²) in [6.07, 6.45) is 0.946. The number of fused-ring (bicyclic) bond motifs is 1. The second-order valence-corrected chi connectivity index (χ2v) is 7.83. The number of oxime groups is 1. The maximum Gasteiger partial charge on any atom is 0.281 e. The zero-order chi connectivity index (χ0) is 24.1. The summed E-state index contributed by atoms with van der Waals surface area (Å²) in [5, 5.41) is 15.6. The number of amides is 2. The Labute approximate surface area is 197 Å². The number of carbonyl (C=O) groups excluding carboxylic acids is 2. The lowest BCUT2D eigenvalue weighted by Crippen LogP contribution is -2.29. The molecule has 0 aromatic heterocycles. The molecule has 0 unspecified atom stereocenters. The van der Waals surface area contributed by atoms with Crippen LogP contribution in [0.15, 0.2) is 71.9 Å². The average Bonchev–Trinajstić information content (AvgIpc) is 3.12. The number of rotatable bonds is 8. The van der Waals surface area contributed by atoms with Crippen molar-refractivity contribution in [2.75, 3.05) is 24.4 Å². The predicted octanol–water partition coefficient (Wildman–Crippen LogP) is 4.00. The van der Waals surface area contributed by atoms with E-state index in [1.54, 1.807) is 38.5 Å². The van der Waals surface area contributed by atoms with E-state index in [0.717, 1.165) is 11.1 Å². The largest absolute Gasteiger partial charge is 0.497 e. The van der Waals surface area contributed by atoms with Crippen LogP contribution < -0.4 is 19.7 Å². The summed E-state index contributed by atoms with van der Waals surface area (Å²) in [5.74, 6) is 0.624. The molecule has 0 saturated heterocycles. The van der Waals surface area contributed by atoms with E-state index in [1.807, 2.05) is 42.5 Å². The Bertz CT molecular complexity index is 1220. The van der Waals surface area contributed by atoms with Crippen LogP contribution in [0.4, 0.5) is 11.4 Å². The minimum atomic E-state index is -0.438. The van der Waals surface area contributed by atoms with Gasteiger partial charge in [-0.15, -0.1) is 0 Å². The van der Waals surface area contributed by atoms with Gasteiger partial charge in [-0.1, -0.05) is 35.5 Å². The molecule has 8 nitrogen and oxygen atoms in total. The molecule has 2 N–H and O–H groups in total. The lowest BCUT2D eigenvalue weighted by Gasteiger charge is -2.18. The molecule has 174 valence electrons. The van der Waals surface area contributed by atoms with Gasteiger partial charge < -0.3 is 24.9 Å². The normalized spacial score (nSPS) is 13.6. The molecule has 3 aromatic rings. The van der Waals surface area contributed by atoms with Crippen LogP contribution in [-0.4, -0.2) is 37.0 Å². The molecule has 34 heavy (non-hydrogen) atoms. The van der Waals surface area contributed by atoms with Crippen LogP contribution in [-0.2, 0) is 22.6 Å². The van der Waals surface area contributed by atoms with Crippen LogP contribution in [0, 0.1) is 0 Å². The number of nitrogens with zero attached hydrogens (tertiary/aromatic N) is 2. The highest BCUT2D eigenvalue weighted by Gasteiger charge is 2.35. The number of aryl methyl sites for hydroxylation is 1. The van der Waals surface area contributed by atoms with E-state index in [4.69, 9.17) is 9.47 Å². The number of ether oxygens (including phenoxy) is 2. The molecule has 0 radical (unpaired) electrons. The molecule has 0 bridgehead atoms. The van der Waals surface area contributed by atoms with Gasteiger partial charge in [0.15, 0.2) is 5.71 Å². The number of nitrogens with one attached hydrogen (secondary N) is 1. The van der Waals surface area contributed by atoms with Gasteiger partial charge in [0.2, 0.25) is 5.91 Å². The summed E-state index contributed by atoms with van der Waals surface area (Å²) in [6, 6.07) is 20.2. The predicted molar refractivity (Wildman–Crippen MR) is 129 cm³/mol. The van der Waals surface area contributed by atoms with Gasteiger partial charge in [-0.3, -0.25) is 9.59 Å². The second-order valence-electron chi connectivity index (χ2n) is 7.83. The molecule has 0 aliphatic carbocycles. The quantitative estimate of drug-likeness (QED) is 0.392. The first kappa shape index (κ1) is 22.8. The summed E-state index contributed by atoms with van der Waals surface area (Å²) in [4.78, 5) is 26.9. The zero-order valence-electron chi connectivity index (χ0n) is 18.9. The smallest absolute Gasteiger partial charge is 0.281 e. The third-order valence-corrected chi connectivity index (χ3v) is 5.61. The first-order chi connectivity index (χ1) is 16.5. The number of hydrogen-bond acceptors (Lipinski definition) is 6. The molecule has 3 aromatic carbocycles. The van der Waals surface area contributed by atoms with Crippen molar-refractivity contribution in [3.05, 3.63) is 83.4 Å². The van der Waals surface area contributed by atoms with Crippen molar-refractivity contribution in [1.82, 2.24) is 0 Å². The maximum atomic E-state index is 13.0. The van der Waals surface area contributed by atoms with Crippen LogP contribution in [0.2, 0.25) is 0 Å². The fourth-order valence-electron chi connectivity index (χ4n) is 3.91. The average molecular weight is 460 g/mol. The van der Waals surface area contributed by atoms with E-state index in [-0.39, 0.29) is 18.2 Å². The van der Waals surface area contributed by atoms with Crippen LogP contribution in [0.5, 0.6) is 11.5 Å². The zero-order valence-corrected chi connectivity index (χ0v) is 18.9. The Morgan fingerprint density at radius 1 is 0.971 bits per heavy atom. The Hall–Kier alpha value is -4.33. The highest BCUT2D eigenvalue weighted by molar-refractivity contribution is 6.54. The third-order valence-electron chi connectivity index (χ3n) is 5.61. The Balaban J connectivity index is 1.53. The van der Waals surface area contributed by atoms with Crippen molar-refractivity contribution in [3.63, 3.8) is 0 Å². The SMILES string of the molecule is COc1cc(CN2C(=O)/C(=N\O)c3cc(NC(=O)CCc4ccccc4)ccc32)cc(OC)c1. The fraction of sp³-hybridized carbons (Fsp3) is 0.192. The van der Waals surface area contributed by atoms with Gasteiger partial charge in [0, 0.05) is 23.7 Å². The molecule has 0 saturated carbocycles. The fourth-order valence-corrected chi connectivity index (χ4v) is 3.91. The summed E-state index contributed by atoms with van der Waals surface area (Å²) < 4.78 is 10.6. The van der Waals surface area contributed by atoms with Gasteiger partial charge in [-0.05, 0) is 47.9 Å². The van der Waals surface area contributed by atoms with E-state index in [2.05, 4.69) is 10.5 Å². The standard InChI is InChI=1S/C26H25N3O5/c1-33-20-12-18(13-21(15-20)34-2)16-29-23-10-9-19(14-22(23)25(28-32)26(29)31)27-24(30)11-8-17-6-4-3-5-7-17/h3-7,9-10,12-15,32H,8,11,16H2,1-2H3,(H,27,30)/b28-25-. The monoisotopic (exact) mass is 459 g/mol. The van der Waals surface area contributed by atoms with Crippen LogP contribution in [0.3, 0.4) is 0 Å². The summed E-state index contributed by atoms with van der Waals surface area (Å²) >= 11 is 0. The van der Waals surface area contributed by atoms with Crippen molar-refractivity contribution in [1.29, 1.82) is 0 Å².